The zero-order valence-electron chi connectivity index (χ0n) is 10.3. The maximum atomic E-state index is 9.75. The van der Waals surface area contributed by atoms with Crippen LogP contribution in [0.15, 0.2) is 43.0 Å². The first-order valence-corrected chi connectivity index (χ1v) is 6.33. The van der Waals surface area contributed by atoms with Crippen molar-refractivity contribution in [3.63, 3.8) is 0 Å². The van der Waals surface area contributed by atoms with Gasteiger partial charge in [-0.2, -0.15) is 5.06 Å². The molecule has 0 bridgehead atoms. The lowest BCUT2D eigenvalue weighted by Crippen LogP contribution is -2.42. The lowest BCUT2D eigenvalue weighted by molar-refractivity contribution is -0.138. The quantitative estimate of drug-likeness (QED) is 0.804. The molecule has 2 nitrogen and oxygen atoms in total. The molecule has 0 radical (unpaired) electrons. The summed E-state index contributed by atoms with van der Waals surface area (Å²) in [6.45, 7) is 5.42. The van der Waals surface area contributed by atoms with Gasteiger partial charge in [-0.3, -0.25) is 0 Å². The molecular formula is C15H21NO. The fourth-order valence-corrected chi connectivity index (χ4v) is 2.90. The zero-order chi connectivity index (χ0) is 12.1. The number of piperidine rings is 1. The first-order chi connectivity index (χ1) is 8.24. The molecular weight excluding hydrogens is 210 g/mol. The van der Waals surface area contributed by atoms with E-state index < -0.39 is 0 Å². The number of hydrogen-bond donors (Lipinski definition) is 1. The van der Waals surface area contributed by atoms with Gasteiger partial charge in [0.25, 0.3) is 0 Å². The number of rotatable bonds is 4. The summed E-state index contributed by atoms with van der Waals surface area (Å²) in [6, 6.07) is 10.5. The van der Waals surface area contributed by atoms with Crippen LogP contribution in [0, 0.1) is 5.41 Å². The van der Waals surface area contributed by atoms with Crippen LogP contribution in [-0.4, -0.2) is 23.4 Å². The van der Waals surface area contributed by atoms with Gasteiger partial charge in [0, 0.05) is 13.1 Å². The molecule has 2 rings (SSSR count). The Labute approximate surface area is 104 Å². The third-order valence-corrected chi connectivity index (χ3v) is 3.64. The van der Waals surface area contributed by atoms with Gasteiger partial charge >= 0.3 is 0 Å². The van der Waals surface area contributed by atoms with Crippen molar-refractivity contribution < 1.29 is 5.21 Å². The van der Waals surface area contributed by atoms with Crippen molar-refractivity contribution in [3.05, 3.63) is 48.6 Å². The van der Waals surface area contributed by atoms with E-state index in [0.717, 1.165) is 32.4 Å². The van der Waals surface area contributed by atoms with E-state index in [-0.39, 0.29) is 5.41 Å². The molecule has 1 atom stereocenters. The summed E-state index contributed by atoms with van der Waals surface area (Å²) < 4.78 is 0. The Kier molecular flexibility index (Phi) is 3.97. The average molecular weight is 231 g/mol. The van der Waals surface area contributed by atoms with Crippen molar-refractivity contribution >= 4 is 0 Å². The number of hydrogen-bond acceptors (Lipinski definition) is 2. The number of hydroxylamine groups is 2. The van der Waals surface area contributed by atoms with Crippen LogP contribution in [0.2, 0.25) is 0 Å². The zero-order valence-corrected chi connectivity index (χ0v) is 10.3. The molecule has 1 N–H and O–H groups in total. The number of benzene rings is 1. The van der Waals surface area contributed by atoms with E-state index in [1.807, 2.05) is 12.1 Å². The van der Waals surface area contributed by atoms with Gasteiger partial charge in [0.05, 0.1) is 0 Å². The molecule has 0 amide bonds. The molecule has 0 unspecified atom stereocenters. The average Bonchev–Trinajstić information content (AvgIpc) is 2.30. The highest BCUT2D eigenvalue weighted by Gasteiger charge is 2.34. The minimum absolute atomic E-state index is 0.163. The Morgan fingerprint density at radius 2 is 2.12 bits per heavy atom. The molecule has 2 heteroatoms. The normalized spacial score (nSPS) is 25.7. The second-order valence-corrected chi connectivity index (χ2v) is 5.15. The summed E-state index contributed by atoms with van der Waals surface area (Å²) in [5, 5.41) is 11.2. The Hall–Kier alpha value is -1.12. The summed E-state index contributed by atoms with van der Waals surface area (Å²) in [6.07, 6.45) is 6.22. The standard InChI is InChI=1S/C15H21NO/c1-2-9-15(10-6-11-16(17)13-15)12-14-7-4-3-5-8-14/h2-5,7-8,17H,1,6,9-13H2/t15-/m1/s1. The van der Waals surface area contributed by atoms with Gasteiger partial charge in [0.1, 0.15) is 0 Å². The van der Waals surface area contributed by atoms with E-state index in [4.69, 9.17) is 0 Å². The van der Waals surface area contributed by atoms with Crippen LogP contribution < -0.4 is 0 Å². The van der Waals surface area contributed by atoms with Crippen molar-refractivity contribution in [1.82, 2.24) is 5.06 Å². The van der Waals surface area contributed by atoms with E-state index in [0.29, 0.717) is 0 Å². The third-order valence-electron chi connectivity index (χ3n) is 3.64. The molecule has 1 aliphatic heterocycles. The Morgan fingerprint density at radius 3 is 2.76 bits per heavy atom. The number of allylic oxidation sites excluding steroid dienone is 1. The summed E-state index contributed by atoms with van der Waals surface area (Å²) >= 11 is 0. The molecule has 1 saturated heterocycles. The maximum absolute atomic E-state index is 9.75. The minimum Gasteiger partial charge on any atom is -0.314 e. The molecule has 0 saturated carbocycles. The van der Waals surface area contributed by atoms with E-state index >= 15 is 0 Å². The molecule has 17 heavy (non-hydrogen) atoms. The molecule has 0 aromatic heterocycles. The molecule has 1 aliphatic rings. The highest BCUT2D eigenvalue weighted by atomic mass is 16.5. The fourth-order valence-electron chi connectivity index (χ4n) is 2.90. The largest absolute Gasteiger partial charge is 0.314 e. The van der Waals surface area contributed by atoms with E-state index in [2.05, 4.69) is 30.8 Å². The van der Waals surface area contributed by atoms with Crippen molar-refractivity contribution in [2.45, 2.75) is 25.7 Å². The van der Waals surface area contributed by atoms with Crippen molar-refractivity contribution in [3.8, 4) is 0 Å². The van der Waals surface area contributed by atoms with Gasteiger partial charge in [-0.05, 0) is 36.7 Å². The van der Waals surface area contributed by atoms with Crippen LogP contribution in [0.3, 0.4) is 0 Å². The van der Waals surface area contributed by atoms with Gasteiger partial charge in [0.2, 0.25) is 0 Å². The predicted octanol–water partition coefficient (Wildman–Crippen LogP) is 3.28. The molecule has 1 fully saturated rings. The molecule has 1 heterocycles. The van der Waals surface area contributed by atoms with Crippen LogP contribution >= 0.6 is 0 Å². The van der Waals surface area contributed by atoms with Crippen LogP contribution in [0.4, 0.5) is 0 Å². The van der Waals surface area contributed by atoms with Gasteiger partial charge < -0.3 is 5.21 Å². The van der Waals surface area contributed by atoms with E-state index in [1.54, 1.807) is 0 Å². The Balaban J connectivity index is 2.13. The van der Waals surface area contributed by atoms with Crippen molar-refractivity contribution in [2.24, 2.45) is 5.41 Å². The monoisotopic (exact) mass is 231 g/mol. The lowest BCUT2D eigenvalue weighted by Gasteiger charge is -2.40. The minimum atomic E-state index is 0.163. The highest BCUT2D eigenvalue weighted by molar-refractivity contribution is 5.17. The molecule has 0 aliphatic carbocycles. The Bertz CT molecular complexity index is 362. The topological polar surface area (TPSA) is 23.5 Å². The molecule has 1 aromatic rings. The molecule has 92 valence electrons. The van der Waals surface area contributed by atoms with E-state index in [1.165, 1.54) is 17.0 Å². The molecule has 0 spiro atoms. The first-order valence-electron chi connectivity index (χ1n) is 6.33. The fraction of sp³-hybridized carbons (Fsp3) is 0.467. The Morgan fingerprint density at radius 1 is 1.35 bits per heavy atom. The SMILES string of the molecule is C=CC[C@]1(Cc2ccccc2)CCCN(O)C1. The third kappa shape index (κ3) is 3.18. The highest BCUT2D eigenvalue weighted by Crippen LogP contribution is 2.36. The first kappa shape index (κ1) is 12.3. The van der Waals surface area contributed by atoms with Gasteiger partial charge in [-0.25, -0.2) is 0 Å². The van der Waals surface area contributed by atoms with Crippen LogP contribution in [0.1, 0.15) is 24.8 Å². The second kappa shape index (κ2) is 5.48. The summed E-state index contributed by atoms with van der Waals surface area (Å²) in [5.41, 5.74) is 1.51. The van der Waals surface area contributed by atoms with Crippen molar-refractivity contribution in [2.75, 3.05) is 13.1 Å². The van der Waals surface area contributed by atoms with Crippen LogP contribution in [0.25, 0.3) is 0 Å². The van der Waals surface area contributed by atoms with Crippen molar-refractivity contribution in [1.29, 1.82) is 0 Å². The molecule has 1 aromatic carbocycles. The van der Waals surface area contributed by atoms with Gasteiger partial charge in [-0.1, -0.05) is 36.4 Å². The maximum Gasteiger partial charge on any atom is 0.0300 e. The van der Waals surface area contributed by atoms with Gasteiger partial charge in [-0.15, -0.1) is 6.58 Å². The van der Waals surface area contributed by atoms with Crippen LogP contribution in [-0.2, 0) is 6.42 Å². The summed E-state index contributed by atoms with van der Waals surface area (Å²) in [4.78, 5) is 0. The van der Waals surface area contributed by atoms with Gasteiger partial charge in [0.15, 0.2) is 0 Å². The summed E-state index contributed by atoms with van der Waals surface area (Å²) in [5.74, 6) is 0. The second-order valence-electron chi connectivity index (χ2n) is 5.15. The predicted molar refractivity (Wildman–Crippen MR) is 70.0 cm³/mol. The number of nitrogens with zero attached hydrogens (tertiary/aromatic N) is 1. The van der Waals surface area contributed by atoms with E-state index in [9.17, 15) is 5.21 Å². The smallest absolute Gasteiger partial charge is 0.0300 e. The summed E-state index contributed by atoms with van der Waals surface area (Å²) in [7, 11) is 0. The lowest BCUT2D eigenvalue weighted by atomic mass is 9.73. The van der Waals surface area contributed by atoms with Crippen LogP contribution in [0.5, 0.6) is 0 Å².